The van der Waals surface area contributed by atoms with E-state index in [-0.39, 0.29) is 36.0 Å². The third-order valence-corrected chi connectivity index (χ3v) is 6.21. The topological polar surface area (TPSA) is 49.4 Å². The van der Waals surface area contributed by atoms with E-state index < -0.39 is 6.04 Å². The summed E-state index contributed by atoms with van der Waals surface area (Å²) < 4.78 is 13.3. The smallest absolute Gasteiger partial charge is 0.242 e. The number of rotatable bonds is 10. The van der Waals surface area contributed by atoms with Crippen molar-refractivity contribution < 1.29 is 14.0 Å². The number of hydrogen-bond acceptors (Lipinski definition) is 3. The van der Waals surface area contributed by atoms with E-state index in [0.29, 0.717) is 10.8 Å². The fourth-order valence-corrected chi connectivity index (χ4v) is 3.98. The van der Waals surface area contributed by atoms with Crippen LogP contribution in [0.25, 0.3) is 0 Å². The molecule has 2 aromatic rings. The summed E-state index contributed by atoms with van der Waals surface area (Å²) in [7, 11) is 0. The molecule has 2 aromatic carbocycles. The second kappa shape index (κ2) is 12.0. The van der Waals surface area contributed by atoms with Crippen LogP contribution in [0.2, 0.25) is 5.02 Å². The third-order valence-electron chi connectivity index (χ3n) is 4.88. The Labute approximate surface area is 187 Å². The predicted molar refractivity (Wildman–Crippen MR) is 122 cm³/mol. The Kier molecular flexibility index (Phi) is 9.66. The molecule has 0 fully saturated rings. The van der Waals surface area contributed by atoms with E-state index in [1.165, 1.54) is 23.9 Å². The molecule has 4 nitrogen and oxygen atoms in total. The summed E-state index contributed by atoms with van der Waals surface area (Å²) in [5.41, 5.74) is 1.73. The highest BCUT2D eigenvalue weighted by molar-refractivity contribution is 7.99. The first-order chi connectivity index (χ1) is 14.3. The van der Waals surface area contributed by atoms with Gasteiger partial charge in [-0.05, 0) is 49.6 Å². The Morgan fingerprint density at radius 2 is 1.80 bits per heavy atom. The van der Waals surface area contributed by atoms with E-state index in [2.05, 4.69) is 5.32 Å². The first-order valence-corrected chi connectivity index (χ1v) is 11.5. The average molecular weight is 451 g/mol. The zero-order valence-corrected chi connectivity index (χ0v) is 19.1. The van der Waals surface area contributed by atoms with Crippen LogP contribution in [0.15, 0.2) is 48.5 Å². The second-order valence-electron chi connectivity index (χ2n) is 7.23. The van der Waals surface area contributed by atoms with Gasteiger partial charge in [0.25, 0.3) is 0 Å². The number of hydrogen-bond donors (Lipinski definition) is 1. The summed E-state index contributed by atoms with van der Waals surface area (Å²) in [6.07, 6.45) is 0.804. The molecule has 0 aromatic heterocycles. The lowest BCUT2D eigenvalue weighted by atomic mass is 10.1. The number of halogens is 2. The standard InChI is InChI=1S/C23H28ClFN2O2S/c1-4-16(2)26-23(29)17(3)27(13-18-9-11-20(25)12-10-18)22(28)15-30-14-19-7-5-6-8-21(19)24/h5-12,16-17H,4,13-15H2,1-3H3,(H,26,29)/t16-,17-/m1/s1. The first kappa shape index (κ1) is 24.2. The molecule has 0 spiro atoms. The van der Waals surface area contributed by atoms with Crippen molar-refractivity contribution in [3.05, 3.63) is 70.5 Å². The molecule has 2 atom stereocenters. The molecule has 0 heterocycles. The fraction of sp³-hybridized carbons (Fsp3) is 0.391. The molecule has 0 bridgehead atoms. The van der Waals surface area contributed by atoms with Gasteiger partial charge in [0.05, 0.1) is 5.75 Å². The molecule has 1 N–H and O–H groups in total. The van der Waals surface area contributed by atoms with Crippen LogP contribution in [0.3, 0.4) is 0 Å². The van der Waals surface area contributed by atoms with Gasteiger partial charge in [-0.25, -0.2) is 4.39 Å². The summed E-state index contributed by atoms with van der Waals surface area (Å²) in [5.74, 6) is 0.130. The van der Waals surface area contributed by atoms with Crippen molar-refractivity contribution >= 4 is 35.2 Å². The van der Waals surface area contributed by atoms with Crippen molar-refractivity contribution in [3.63, 3.8) is 0 Å². The van der Waals surface area contributed by atoms with E-state index >= 15 is 0 Å². The molecule has 0 aliphatic carbocycles. The molecule has 0 unspecified atom stereocenters. The quantitative estimate of drug-likeness (QED) is 0.551. The molecule has 0 aliphatic heterocycles. The summed E-state index contributed by atoms with van der Waals surface area (Å²) in [4.78, 5) is 27.2. The minimum absolute atomic E-state index is 0.0253. The van der Waals surface area contributed by atoms with Crippen molar-refractivity contribution in [2.24, 2.45) is 0 Å². The Morgan fingerprint density at radius 1 is 1.13 bits per heavy atom. The van der Waals surface area contributed by atoms with Gasteiger partial charge in [-0.3, -0.25) is 9.59 Å². The van der Waals surface area contributed by atoms with Gasteiger partial charge in [0.1, 0.15) is 11.9 Å². The van der Waals surface area contributed by atoms with Gasteiger partial charge in [0, 0.05) is 23.4 Å². The summed E-state index contributed by atoms with van der Waals surface area (Å²) in [6.45, 7) is 5.87. The molecular formula is C23H28ClFN2O2S. The van der Waals surface area contributed by atoms with Crippen molar-refractivity contribution in [1.29, 1.82) is 0 Å². The zero-order chi connectivity index (χ0) is 22.1. The van der Waals surface area contributed by atoms with Gasteiger partial charge in [-0.1, -0.05) is 48.9 Å². The van der Waals surface area contributed by atoms with Crippen molar-refractivity contribution in [2.45, 2.75) is 51.6 Å². The number of amides is 2. The van der Waals surface area contributed by atoms with E-state index in [1.54, 1.807) is 24.0 Å². The fourth-order valence-electron chi connectivity index (χ4n) is 2.78. The number of thioether (sulfide) groups is 1. The minimum Gasteiger partial charge on any atom is -0.352 e. The minimum atomic E-state index is -0.641. The van der Waals surface area contributed by atoms with Crippen LogP contribution in [-0.2, 0) is 21.9 Å². The maximum absolute atomic E-state index is 13.3. The van der Waals surface area contributed by atoms with E-state index in [0.717, 1.165) is 17.5 Å². The number of carbonyl (C=O) groups is 2. The maximum atomic E-state index is 13.3. The van der Waals surface area contributed by atoms with E-state index in [1.807, 2.05) is 38.1 Å². The number of carbonyl (C=O) groups excluding carboxylic acids is 2. The first-order valence-electron chi connectivity index (χ1n) is 9.97. The maximum Gasteiger partial charge on any atom is 0.242 e. The molecule has 0 radical (unpaired) electrons. The molecule has 2 amide bonds. The largest absolute Gasteiger partial charge is 0.352 e. The molecule has 30 heavy (non-hydrogen) atoms. The second-order valence-corrected chi connectivity index (χ2v) is 8.62. The highest BCUT2D eigenvalue weighted by Crippen LogP contribution is 2.21. The van der Waals surface area contributed by atoms with Crippen LogP contribution in [0.1, 0.15) is 38.3 Å². The van der Waals surface area contributed by atoms with Crippen LogP contribution in [0, 0.1) is 5.82 Å². The molecule has 7 heteroatoms. The van der Waals surface area contributed by atoms with Gasteiger partial charge >= 0.3 is 0 Å². The number of benzene rings is 2. The summed E-state index contributed by atoms with van der Waals surface area (Å²) in [6, 6.07) is 12.9. The van der Waals surface area contributed by atoms with E-state index in [4.69, 9.17) is 11.6 Å². The molecule has 2 rings (SSSR count). The van der Waals surface area contributed by atoms with Crippen LogP contribution < -0.4 is 5.32 Å². The summed E-state index contributed by atoms with van der Waals surface area (Å²) >= 11 is 7.63. The van der Waals surface area contributed by atoms with Crippen LogP contribution in [0.4, 0.5) is 4.39 Å². The van der Waals surface area contributed by atoms with Gasteiger partial charge in [0.2, 0.25) is 11.8 Å². The lowest BCUT2D eigenvalue weighted by Gasteiger charge is -2.29. The zero-order valence-electron chi connectivity index (χ0n) is 17.5. The Balaban J connectivity index is 2.08. The van der Waals surface area contributed by atoms with Gasteiger partial charge < -0.3 is 10.2 Å². The van der Waals surface area contributed by atoms with Crippen molar-refractivity contribution in [1.82, 2.24) is 10.2 Å². The monoisotopic (exact) mass is 450 g/mol. The Morgan fingerprint density at radius 3 is 2.43 bits per heavy atom. The normalized spacial score (nSPS) is 12.8. The molecule has 0 aliphatic rings. The lowest BCUT2D eigenvalue weighted by molar-refractivity contribution is -0.138. The van der Waals surface area contributed by atoms with Crippen LogP contribution >= 0.6 is 23.4 Å². The van der Waals surface area contributed by atoms with Crippen molar-refractivity contribution in [2.75, 3.05) is 5.75 Å². The predicted octanol–water partition coefficient (Wildman–Crippen LogP) is 5.04. The Hall–Kier alpha value is -2.05. The third kappa shape index (κ3) is 7.33. The van der Waals surface area contributed by atoms with Crippen LogP contribution in [-0.4, -0.2) is 34.6 Å². The highest BCUT2D eigenvalue weighted by atomic mass is 35.5. The highest BCUT2D eigenvalue weighted by Gasteiger charge is 2.26. The van der Waals surface area contributed by atoms with E-state index in [9.17, 15) is 14.0 Å². The lowest BCUT2D eigenvalue weighted by Crippen LogP contribution is -2.50. The number of nitrogens with zero attached hydrogens (tertiary/aromatic N) is 1. The molecule has 162 valence electrons. The SMILES string of the molecule is CC[C@@H](C)NC(=O)[C@@H](C)N(Cc1ccc(F)cc1)C(=O)CSCc1ccccc1Cl. The van der Waals surface area contributed by atoms with Crippen LogP contribution in [0.5, 0.6) is 0 Å². The molecule has 0 saturated heterocycles. The van der Waals surface area contributed by atoms with Gasteiger partial charge in [-0.2, -0.15) is 0 Å². The summed E-state index contributed by atoms with van der Waals surface area (Å²) in [5, 5.41) is 3.60. The molecular weight excluding hydrogens is 423 g/mol. The van der Waals surface area contributed by atoms with Crippen molar-refractivity contribution in [3.8, 4) is 0 Å². The van der Waals surface area contributed by atoms with Gasteiger partial charge in [0.15, 0.2) is 0 Å². The molecule has 0 saturated carbocycles. The number of nitrogens with one attached hydrogen (secondary N) is 1. The average Bonchev–Trinajstić information content (AvgIpc) is 2.73. The Bertz CT molecular complexity index is 847. The van der Waals surface area contributed by atoms with Gasteiger partial charge in [-0.15, -0.1) is 11.8 Å².